The molecule has 1 fully saturated rings. The number of nitrogens with zero attached hydrogens (tertiary/aromatic N) is 1. The number of halogens is 1. The van der Waals surface area contributed by atoms with E-state index in [2.05, 4.69) is 22.4 Å². The third-order valence-corrected chi connectivity index (χ3v) is 4.52. The lowest BCUT2D eigenvalue weighted by Crippen LogP contribution is -1.98. The van der Waals surface area contributed by atoms with E-state index in [0.717, 1.165) is 0 Å². The number of benzene rings is 1. The zero-order chi connectivity index (χ0) is 16.1. The number of hydrogen-bond acceptors (Lipinski definition) is 3. The van der Waals surface area contributed by atoms with Gasteiger partial charge < -0.3 is 10.1 Å². The van der Waals surface area contributed by atoms with Crippen LogP contribution in [0.4, 0.5) is 10.1 Å². The Hall–Kier alpha value is -2.10. The van der Waals surface area contributed by atoms with Crippen molar-refractivity contribution in [2.45, 2.75) is 44.4 Å². The molecule has 1 aliphatic rings. The molecule has 1 saturated carbocycles. The van der Waals surface area contributed by atoms with Gasteiger partial charge in [0.1, 0.15) is 5.75 Å². The quantitative estimate of drug-likeness (QED) is 0.757. The van der Waals surface area contributed by atoms with Gasteiger partial charge in [-0.2, -0.15) is 0 Å². The first-order valence-electron chi connectivity index (χ1n) is 8.37. The fourth-order valence-electron chi connectivity index (χ4n) is 3.17. The predicted octanol–water partition coefficient (Wildman–Crippen LogP) is 5.49. The van der Waals surface area contributed by atoms with E-state index in [4.69, 9.17) is 4.74 Å². The fourth-order valence-corrected chi connectivity index (χ4v) is 3.17. The van der Waals surface area contributed by atoms with Gasteiger partial charge in [-0.3, -0.25) is 0 Å². The summed E-state index contributed by atoms with van der Waals surface area (Å²) >= 11 is 0. The summed E-state index contributed by atoms with van der Waals surface area (Å²) < 4.78 is 19.5. The van der Waals surface area contributed by atoms with E-state index in [1.54, 1.807) is 13.2 Å². The number of nitrogens with one attached hydrogen (secondary N) is 1. The van der Waals surface area contributed by atoms with Crippen molar-refractivity contribution in [2.24, 2.45) is 0 Å². The van der Waals surface area contributed by atoms with Gasteiger partial charge in [-0.1, -0.05) is 37.8 Å². The highest BCUT2D eigenvalue weighted by Crippen LogP contribution is 2.33. The Morgan fingerprint density at radius 2 is 1.78 bits per heavy atom. The van der Waals surface area contributed by atoms with Crippen LogP contribution in [-0.2, 0) is 0 Å². The number of rotatable bonds is 4. The molecule has 3 nitrogen and oxygen atoms in total. The largest absolute Gasteiger partial charge is 0.436 e. The summed E-state index contributed by atoms with van der Waals surface area (Å²) in [5, 5.41) is 2.85. The number of pyridine rings is 1. The Balaban J connectivity index is 1.69. The normalized spacial score (nSPS) is 15.9. The van der Waals surface area contributed by atoms with Crippen LogP contribution >= 0.6 is 0 Å². The molecular formula is C19H23FN2O. The first-order valence-corrected chi connectivity index (χ1v) is 8.37. The Bertz CT molecular complexity index is 634. The van der Waals surface area contributed by atoms with Crippen LogP contribution < -0.4 is 10.1 Å². The zero-order valence-electron chi connectivity index (χ0n) is 13.5. The molecule has 4 heteroatoms. The van der Waals surface area contributed by atoms with E-state index >= 15 is 0 Å². The average molecular weight is 314 g/mol. The summed E-state index contributed by atoms with van der Waals surface area (Å²) in [6, 6.07) is 9.40. The van der Waals surface area contributed by atoms with Gasteiger partial charge in [0.05, 0.1) is 11.9 Å². The summed E-state index contributed by atoms with van der Waals surface area (Å²) in [6.45, 7) is 0. The second-order valence-electron chi connectivity index (χ2n) is 6.12. The minimum atomic E-state index is -0.468. The van der Waals surface area contributed by atoms with Crippen LogP contribution in [0.1, 0.15) is 50.0 Å². The van der Waals surface area contributed by atoms with Crippen molar-refractivity contribution in [3.05, 3.63) is 47.9 Å². The van der Waals surface area contributed by atoms with Gasteiger partial charge >= 0.3 is 0 Å². The second kappa shape index (κ2) is 7.44. The highest BCUT2D eigenvalue weighted by Gasteiger charge is 2.14. The molecule has 1 N–H and O–H groups in total. The van der Waals surface area contributed by atoms with Crippen molar-refractivity contribution >= 4 is 5.69 Å². The summed E-state index contributed by atoms with van der Waals surface area (Å²) in [5.41, 5.74) is 1.98. The molecule has 3 rings (SSSR count). The van der Waals surface area contributed by atoms with Gasteiger partial charge in [-0.25, -0.2) is 9.37 Å². The van der Waals surface area contributed by atoms with Crippen molar-refractivity contribution in [1.29, 1.82) is 0 Å². The molecule has 1 aromatic carbocycles. The van der Waals surface area contributed by atoms with Crippen LogP contribution in [0.2, 0.25) is 0 Å². The van der Waals surface area contributed by atoms with Gasteiger partial charge in [-0.15, -0.1) is 0 Å². The smallest absolute Gasteiger partial charge is 0.256 e. The van der Waals surface area contributed by atoms with Crippen molar-refractivity contribution in [2.75, 3.05) is 12.4 Å². The maximum absolute atomic E-state index is 13.9. The van der Waals surface area contributed by atoms with Gasteiger partial charge in [0.15, 0.2) is 5.82 Å². The zero-order valence-corrected chi connectivity index (χ0v) is 13.5. The van der Waals surface area contributed by atoms with E-state index in [1.165, 1.54) is 50.2 Å². The third-order valence-electron chi connectivity index (χ3n) is 4.52. The van der Waals surface area contributed by atoms with Crippen LogP contribution in [0, 0.1) is 5.82 Å². The van der Waals surface area contributed by atoms with Crippen LogP contribution in [-0.4, -0.2) is 12.0 Å². The lowest BCUT2D eigenvalue weighted by atomic mass is 9.92. The van der Waals surface area contributed by atoms with E-state index in [-0.39, 0.29) is 5.88 Å². The topological polar surface area (TPSA) is 34.2 Å². The van der Waals surface area contributed by atoms with Crippen LogP contribution in [0.15, 0.2) is 36.5 Å². The monoisotopic (exact) mass is 314 g/mol. The average Bonchev–Trinajstić information content (AvgIpc) is 2.87. The van der Waals surface area contributed by atoms with Crippen LogP contribution in [0.5, 0.6) is 11.6 Å². The molecular weight excluding hydrogens is 291 g/mol. The molecule has 0 unspecified atom stereocenters. The van der Waals surface area contributed by atoms with Crippen molar-refractivity contribution < 1.29 is 9.13 Å². The van der Waals surface area contributed by atoms with Crippen molar-refractivity contribution in [3.63, 3.8) is 0 Å². The molecule has 0 aliphatic heterocycles. The first-order chi connectivity index (χ1) is 11.3. The Kier molecular flexibility index (Phi) is 5.11. The molecule has 1 aliphatic carbocycles. The minimum absolute atomic E-state index is 0.00576. The highest BCUT2D eigenvalue weighted by atomic mass is 19.1. The Labute approximate surface area is 136 Å². The molecule has 0 saturated heterocycles. The van der Waals surface area contributed by atoms with E-state index in [9.17, 15) is 4.39 Å². The van der Waals surface area contributed by atoms with Crippen molar-refractivity contribution in [3.8, 4) is 11.6 Å². The highest BCUT2D eigenvalue weighted by molar-refractivity contribution is 5.43. The van der Waals surface area contributed by atoms with E-state index in [0.29, 0.717) is 17.4 Å². The molecule has 0 amide bonds. The molecule has 0 spiro atoms. The number of hydrogen-bond donors (Lipinski definition) is 1. The lowest BCUT2D eigenvalue weighted by molar-refractivity contribution is 0.422. The summed E-state index contributed by atoms with van der Waals surface area (Å²) in [4.78, 5) is 4.01. The summed E-state index contributed by atoms with van der Waals surface area (Å²) in [6.07, 6.45) is 9.42. The third kappa shape index (κ3) is 4.01. The molecule has 1 heterocycles. The Morgan fingerprint density at radius 1 is 1.09 bits per heavy atom. The van der Waals surface area contributed by atoms with Crippen LogP contribution in [0.3, 0.4) is 0 Å². The first kappa shape index (κ1) is 15.8. The molecule has 23 heavy (non-hydrogen) atoms. The molecule has 0 atom stereocenters. The van der Waals surface area contributed by atoms with Crippen molar-refractivity contribution in [1.82, 2.24) is 4.98 Å². The SMILES string of the molecule is CNc1cnc(Oc2ccc(C3CCCCCC3)cc2)c(F)c1. The van der Waals surface area contributed by atoms with Gasteiger partial charge in [0, 0.05) is 13.1 Å². The molecule has 1 aromatic heterocycles. The van der Waals surface area contributed by atoms with Crippen LogP contribution in [0.25, 0.3) is 0 Å². The molecule has 122 valence electrons. The standard InChI is InChI=1S/C19H23FN2O/c1-21-16-12-18(20)19(22-13-16)23-17-10-8-15(9-11-17)14-6-4-2-3-5-7-14/h8-14,21H,2-7H2,1H3. The summed E-state index contributed by atoms with van der Waals surface area (Å²) in [7, 11) is 1.73. The number of ether oxygens (including phenoxy) is 1. The fraction of sp³-hybridized carbons (Fsp3) is 0.421. The number of aromatic nitrogens is 1. The molecule has 0 bridgehead atoms. The van der Waals surface area contributed by atoms with E-state index < -0.39 is 5.82 Å². The summed E-state index contributed by atoms with van der Waals surface area (Å²) in [5.74, 6) is 0.804. The molecule has 2 aromatic rings. The van der Waals surface area contributed by atoms with Gasteiger partial charge in [0.25, 0.3) is 5.88 Å². The van der Waals surface area contributed by atoms with Gasteiger partial charge in [0.2, 0.25) is 0 Å². The maximum atomic E-state index is 13.9. The Morgan fingerprint density at radius 3 is 2.39 bits per heavy atom. The minimum Gasteiger partial charge on any atom is -0.436 e. The number of anilines is 1. The second-order valence-corrected chi connectivity index (χ2v) is 6.12. The maximum Gasteiger partial charge on any atom is 0.256 e. The lowest BCUT2D eigenvalue weighted by Gasteiger charge is -2.15. The molecule has 0 radical (unpaired) electrons. The van der Waals surface area contributed by atoms with Gasteiger partial charge in [-0.05, 0) is 36.5 Å². The van der Waals surface area contributed by atoms with E-state index in [1.807, 2.05) is 12.1 Å². The predicted molar refractivity (Wildman–Crippen MR) is 90.7 cm³/mol.